The van der Waals surface area contributed by atoms with Crippen molar-refractivity contribution in [2.45, 2.75) is 6.92 Å². The second-order valence-electron chi connectivity index (χ2n) is 4.77. The van der Waals surface area contributed by atoms with Gasteiger partial charge in [0.1, 0.15) is 0 Å². The molecular formula is C16H10N2O. The molecule has 0 saturated carbocycles. The van der Waals surface area contributed by atoms with Gasteiger partial charge in [0.05, 0.1) is 11.3 Å². The summed E-state index contributed by atoms with van der Waals surface area (Å²) in [5.41, 5.74) is 4.21. The maximum atomic E-state index is 12.5. The Morgan fingerprint density at radius 2 is 1.89 bits per heavy atom. The van der Waals surface area contributed by atoms with Crippen molar-refractivity contribution in [2.75, 3.05) is 0 Å². The Hall–Kier alpha value is -2.55. The molecule has 0 atom stereocenters. The van der Waals surface area contributed by atoms with Crippen LogP contribution in [0.2, 0.25) is 0 Å². The van der Waals surface area contributed by atoms with Gasteiger partial charge in [-0.25, -0.2) is 0 Å². The molecule has 90 valence electrons. The van der Waals surface area contributed by atoms with Crippen molar-refractivity contribution in [1.29, 1.82) is 0 Å². The molecule has 0 aliphatic heterocycles. The van der Waals surface area contributed by atoms with Crippen molar-refractivity contribution in [3.05, 3.63) is 59.5 Å². The van der Waals surface area contributed by atoms with Crippen molar-refractivity contribution >= 4 is 16.6 Å². The molecule has 1 aliphatic carbocycles. The summed E-state index contributed by atoms with van der Waals surface area (Å²) in [4.78, 5) is 21.1. The van der Waals surface area contributed by atoms with Crippen LogP contribution >= 0.6 is 0 Å². The molecule has 0 unspecified atom stereocenters. The molecule has 3 aromatic rings. The average molecular weight is 246 g/mol. The fourth-order valence-electron chi connectivity index (χ4n) is 2.75. The summed E-state index contributed by atoms with van der Waals surface area (Å²) in [6, 6.07) is 7.69. The highest BCUT2D eigenvalue weighted by Gasteiger charge is 2.26. The summed E-state index contributed by atoms with van der Waals surface area (Å²) in [5.74, 6) is 0.0357. The Bertz CT molecular complexity index is 852. The predicted molar refractivity (Wildman–Crippen MR) is 73.1 cm³/mol. The van der Waals surface area contributed by atoms with Gasteiger partial charge in [0, 0.05) is 35.1 Å². The molecule has 0 N–H and O–H groups in total. The minimum absolute atomic E-state index is 0.0357. The van der Waals surface area contributed by atoms with E-state index in [2.05, 4.69) is 9.97 Å². The van der Waals surface area contributed by atoms with Gasteiger partial charge in [-0.2, -0.15) is 0 Å². The molecule has 4 rings (SSSR count). The highest BCUT2D eigenvalue weighted by Crippen LogP contribution is 2.38. The van der Waals surface area contributed by atoms with E-state index in [1.54, 1.807) is 12.4 Å². The number of aromatic nitrogens is 2. The molecular weight excluding hydrogens is 236 g/mol. The first-order chi connectivity index (χ1) is 9.27. The summed E-state index contributed by atoms with van der Waals surface area (Å²) in [6.45, 7) is 2.02. The third-order valence-electron chi connectivity index (χ3n) is 3.68. The topological polar surface area (TPSA) is 42.9 Å². The van der Waals surface area contributed by atoms with Gasteiger partial charge >= 0.3 is 0 Å². The molecule has 1 aliphatic rings. The zero-order chi connectivity index (χ0) is 13.0. The van der Waals surface area contributed by atoms with E-state index >= 15 is 0 Å². The maximum absolute atomic E-state index is 12.5. The fourth-order valence-corrected chi connectivity index (χ4v) is 2.75. The Morgan fingerprint density at radius 1 is 1.00 bits per heavy atom. The number of fused-ring (bicyclic) bond motifs is 2. The smallest absolute Gasteiger partial charge is 0.195 e. The lowest BCUT2D eigenvalue weighted by Gasteiger charge is -2.19. The molecule has 2 aromatic heterocycles. The van der Waals surface area contributed by atoms with Crippen LogP contribution in [0.15, 0.2) is 42.9 Å². The van der Waals surface area contributed by atoms with E-state index in [9.17, 15) is 4.79 Å². The Morgan fingerprint density at radius 3 is 2.79 bits per heavy atom. The largest absolute Gasteiger partial charge is 0.289 e. The Kier molecular flexibility index (Phi) is 1.90. The molecule has 0 amide bonds. The second-order valence-corrected chi connectivity index (χ2v) is 4.77. The fraction of sp³-hybridized carbons (Fsp3) is 0.0625. The quantitative estimate of drug-likeness (QED) is 0.478. The molecule has 19 heavy (non-hydrogen) atoms. The number of pyridine rings is 2. The highest BCUT2D eigenvalue weighted by atomic mass is 16.1. The van der Waals surface area contributed by atoms with Crippen LogP contribution in [0.1, 0.15) is 21.5 Å². The van der Waals surface area contributed by atoms with Crippen LogP contribution in [-0.4, -0.2) is 15.8 Å². The SMILES string of the molecule is Cc1cnc2c3c(cccc13)C(=O)c1cnccc1-2. The molecule has 1 aromatic carbocycles. The third kappa shape index (κ3) is 1.24. The Balaban J connectivity index is 2.28. The molecule has 0 saturated heterocycles. The van der Waals surface area contributed by atoms with Crippen LogP contribution in [0.3, 0.4) is 0 Å². The lowest BCUT2D eigenvalue weighted by atomic mass is 9.86. The van der Waals surface area contributed by atoms with Crippen LogP contribution in [0.5, 0.6) is 0 Å². The minimum atomic E-state index is 0.0357. The van der Waals surface area contributed by atoms with Crippen LogP contribution in [-0.2, 0) is 0 Å². The zero-order valence-electron chi connectivity index (χ0n) is 10.3. The van der Waals surface area contributed by atoms with Gasteiger partial charge in [0.15, 0.2) is 5.78 Å². The van der Waals surface area contributed by atoms with E-state index < -0.39 is 0 Å². The molecule has 3 heteroatoms. The summed E-state index contributed by atoms with van der Waals surface area (Å²) in [7, 11) is 0. The van der Waals surface area contributed by atoms with Gasteiger partial charge < -0.3 is 0 Å². The van der Waals surface area contributed by atoms with Gasteiger partial charge in [-0.05, 0) is 23.9 Å². The summed E-state index contributed by atoms with van der Waals surface area (Å²) >= 11 is 0. The van der Waals surface area contributed by atoms with E-state index in [4.69, 9.17) is 0 Å². The van der Waals surface area contributed by atoms with Gasteiger partial charge in [-0.15, -0.1) is 0 Å². The van der Waals surface area contributed by atoms with E-state index in [1.807, 2.05) is 37.4 Å². The van der Waals surface area contributed by atoms with Gasteiger partial charge in [0.2, 0.25) is 0 Å². The monoisotopic (exact) mass is 246 g/mol. The number of carbonyl (C=O) groups is 1. The number of aryl methyl sites for hydroxylation is 1. The lowest BCUT2D eigenvalue weighted by molar-refractivity contribution is 0.104. The highest BCUT2D eigenvalue weighted by molar-refractivity contribution is 6.25. The molecule has 3 nitrogen and oxygen atoms in total. The molecule has 0 radical (unpaired) electrons. The summed E-state index contributed by atoms with van der Waals surface area (Å²) < 4.78 is 0. The summed E-state index contributed by atoms with van der Waals surface area (Å²) in [6.07, 6.45) is 5.19. The number of ketones is 1. The molecule has 0 spiro atoms. The average Bonchev–Trinajstić information content (AvgIpc) is 2.46. The van der Waals surface area contributed by atoms with Crippen LogP contribution in [0.4, 0.5) is 0 Å². The van der Waals surface area contributed by atoms with Crippen LogP contribution in [0.25, 0.3) is 22.0 Å². The molecule has 2 heterocycles. The van der Waals surface area contributed by atoms with Gasteiger partial charge in [-0.1, -0.05) is 18.2 Å². The first-order valence-electron chi connectivity index (χ1n) is 6.15. The Labute approximate surface area is 109 Å². The molecule has 0 fully saturated rings. The lowest BCUT2D eigenvalue weighted by Crippen LogP contribution is -2.11. The summed E-state index contributed by atoms with van der Waals surface area (Å²) in [5, 5.41) is 2.06. The molecule has 0 bridgehead atoms. The van der Waals surface area contributed by atoms with E-state index in [0.717, 1.165) is 33.2 Å². The normalized spacial score (nSPS) is 12.6. The minimum Gasteiger partial charge on any atom is -0.289 e. The first-order valence-corrected chi connectivity index (χ1v) is 6.15. The van der Waals surface area contributed by atoms with Crippen molar-refractivity contribution in [3.8, 4) is 11.3 Å². The van der Waals surface area contributed by atoms with Gasteiger partial charge in [-0.3, -0.25) is 14.8 Å². The number of benzene rings is 1. The van der Waals surface area contributed by atoms with E-state index in [-0.39, 0.29) is 5.78 Å². The van der Waals surface area contributed by atoms with Crippen molar-refractivity contribution < 1.29 is 4.79 Å². The first kappa shape index (κ1) is 10.4. The van der Waals surface area contributed by atoms with Crippen LogP contribution < -0.4 is 0 Å². The number of hydrogen-bond donors (Lipinski definition) is 0. The maximum Gasteiger partial charge on any atom is 0.195 e. The third-order valence-corrected chi connectivity index (χ3v) is 3.68. The van der Waals surface area contributed by atoms with E-state index in [0.29, 0.717) is 5.56 Å². The van der Waals surface area contributed by atoms with Crippen molar-refractivity contribution in [3.63, 3.8) is 0 Å². The number of rotatable bonds is 0. The second kappa shape index (κ2) is 3.48. The zero-order valence-corrected chi connectivity index (χ0v) is 10.3. The van der Waals surface area contributed by atoms with E-state index in [1.165, 1.54) is 0 Å². The number of hydrogen-bond acceptors (Lipinski definition) is 3. The number of nitrogens with zero attached hydrogens (tertiary/aromatic N) is 2. The van der Waals surface area contributed by atoms with Crippen molar-refractivity contribution in [2.24, 2.45) is 0 Å². The number of carbonyl (C=O) groups excluding carboxylic acids is 1. The predicted octanol–water partition coefficient (Wildman–Crippen LogP) is 3.15. The standard InChI is InChI=1S/C16H10N2O/c1-9-7-18-15-11-5-6-17-8-13(11)16(19)12-4-2-3-10(9)14(12)15/h2-8H,1H3. The van der Waals surface area contributed by atoms with Crippen molar-refractivity contribution in [1.82, 2.24) is 9.97 Å². The van der Waals surface area contributed by atoms with Crippen LogP contribution in [0, 0.1) is 6.92 Å². The van der Waals surface area contributed by atoms with Gasteiger partial charge in [0.25, 0.3) is 0 Å².